The second-order valence-electron chi connectivity index (χ2n) is 4.74. The van der Waals surface area contributed by atoms with Crippen molar-refractivity contribution >= 4 is 10.1 Å². The zero-order chi connectivity index (χ0) is 13.8. The fraction of sp³-hybridized carbons (Fsp3) is 0.538. The average Bonchev–Trinajstić information content (AvgIpc) is 2.29. The van der Waals surface area contributed by atoms with Crippen molar-refractivity contribution in [2.75, 3.05) is 13.2 Å². The number of hydrogen-bond donors (Lipinski definition) is 1. The highest BCUT2D eigenvalue weighted by atomic mass is 32.2. The highest BCUT2D eigenvalue weighted by Crippen LogP contribution is 2.17. The van der Waals surface area contributed by atoms with E-state index in [9.17, 15) is 8.42 Å². The quantitative estimate of drug-likeness (QED) is 0.804. The van der Waals surface area contributed by atoms with E-state index in [1.807, 2.05) is 20.8 Å². The molecule has 18 heavy (non-hydrogen) atoms. The number of hydrogen-bond acceptors (Lipinski definition) is 4. The summed E-state index contributed by atoms with van der Waals surface area (Å²) in [6.45, 7) is 5.65. The van der Waals surface area contributed by atoms with E-state index in [0.717, 1.165) is 5.56 Å². The van der Waals surface area contributed by atoms with Gasteiger partial charge in [-0.1, -0.05) is 31.5 Å². The average molecular weight is 272 g/mol. The SMILES string of the molecule is Cc1ccc(S(=O)(=O)OCC(CO)C(C)C)cc1. The Kier molecular flexibility index (Phi) is 5.31. The summed E-state index contributed by atoms with van der Waals surface area (Å²) in [4.78, 5) is 0.147. The van der Waals surface area contributed by atoms with Gasteiger partial charge in [-0.3, -0.25) is 4.18 Å². The van der Waals surface area contributed by atoms with Crippen molar-refractivity contribution in [3.63, 3.8) is 0 Å². The first-order chi connectivity index (χ1) is 8.36. The van der Waals surface area contributed by atoms with Gasteiger partial charge in [0.25, 0.3) is 10.1 Å². The fourth-order valence-corrected chi connectivity index (χ4v) is 2.37. The number of benzene rings is 1. The third kappa shape index (κ3) is 4.08. The van der Waals surface area contributed by atoms with Crippen molar-refractivity contribution in [1.29, 1.82) is 0 Å². The molecule has 0 aliphatic rings. The monoisotopic (exact) mass is 272 g/mol. The Labute approximate surface area is 109 Å². The fourth-order valence-electron chi connectivity index (χ4n) is 1.41. The molecule has 0 fully saturated rings. The molecule has 1 rings (SSSR count). The maximum Gasteiger partial charge on any atom is 0.296 e. The maximum absolute atomic E-state index is 11.9. The lowest BCUT2D eigenvalue weighted by molar-refractivity contribution is 0.133. The summed E-state index contributed by atoms with van der Waals surface area (Å²) in [6.07, 6.45) is 0. The molecule has 1 N–H and O–H groups in total. The molecule has 5 heteroatoms. The Balaban J connectivity index is 2.73. The van der Waals surface area contributed by atoms with Crippen LogP contribution in [0.3, 0.4) is 0 Å². The molecule has 0 aliphatic heterocycles. The van der Waals surface area contributed by atoms with E-state index in [-0.39, 0.29) is 29.9 Å². The van der Waals surface area contributed by atoms with E-state index >= 15 is 0 Å². The van der Waals surface area contributed by atoms with Crippen molar-refractivity contribution in [1.82, 2.24) is 0 Å². The molecule has 0 aliphatic carbocycles. The van der Waals surface area contributed by atoms with Gasteiger partial charge in [0, 0.05) is 12.5 Å². The van der Waals surface area contributed by atoms with E-state index in [2.05, 4.69) is 0 Å². The van der Waals surface area contributed by atoms with Crippen molar-refractivity contribution in [2.45, 2.75) is 25.7 Å². The largest absolute Gasteiger partial charge is 0.396 e. The van der Waals surface area contributed by atoms with Gasteiger partial charge < -0.3 is 5.11 Å². The van der Waals surface area contributed by atoms with Gasteiger partial charge in [-0.05, 0) is 25.0 Å². The zero-order valence-electron chi connectivity index (χ0n) is 11.0. The smallest absolute Gasteiger partial charge is 0.296 e. The van der Waals surface area contributed by atoms with Crippen molar-refractivity contribution in [3.05, 3.63) is 29.8 Å². The zero-order valence-corrected chi connectivity index (χ0v) is 11.8. The summed E-state index contributed by atoms with van der Waals surface area (Å²) in [7, 11) is -3.73. The highest BCUT2D eigenvalue weighted by Gasteiger charge is 2.19. The number of aliphatic hydroxyl groups excluding tert-OH is 1. The maximum atomic E-state index is 11.9. The standard InChI is InChI=1S/C13H20O4S/c1-10(2)12(8-14)9-17-18(15,16)13-6-4-11(3)5-7-13/h4-7,10,12,14H,8-9H2,1-3H3. The molecule has 0 saturated carbocycles. The van der Waals surface area contributed by atoms with Crippen LogP contribution in [0.2, 0.25) is 0 Å². The summed E-state index contributed by atoms with van der Waals surface area (Å²) in [5.41, 5.74) is 0.990. The molecule has 1 aromatic rings. The molecule has 0 aromatic heterocycles. The normalized spacial score (nSPS) is 13.8. The van der Waals surface area contributed by atoms with Gasteiger partial charge in [-0.15, -0.1) is 0 Å². The van der Waals surface area contributed by atoms with Gasteiger partial charge in [0.05, 0.1) is 11.5 Å². The molecule has 1 aromatic carbocycles. The predicted molar refractivity (Wildman–Crippen MR) is 69.7 cm³/mol. The Bertz CT molecular complexity index is 462. The minimum atomic E-state index is -3.73. The van der Waals surface area contributed by atoms with Crippen LogP contribution < -0.4 is 0 Å². The molecule has 1 unspecified atom stereocenters. The molecule has 102 valence electrons. The van der Waals surface area contributed by atoms with Crippen molar-refractivity contribution < 1.29 is 17.7 Å². The van der Waals surface area contributed by atoms with E-state index in [1.165, 1.54) is 12.1 Å². The molecule has 0 heterocycles. The van der Waals surface area contributed by atoms with Crippen LogP contribution in [-0.4, -0.2) is 26.7 Å². The summed E-state index contributed by atoms with van der Waals surface area (Å²) in [5, 5.41) is 9.13. The van der Waals surface area contributed by atoms with Gasteiger partial charge in [0.2, 0.25) is 0 Å². The third-order valence-corrected chi connectivity index (χ3v) is 4.22. The molecule has 0 amide bonds. The van der Waals surface area contributed by atoms with Crippen LogP contribution in [0, 0.1) is 18.8 Å². The first-order valence-electron chi connectivity index (χ1n) is 5.93. The van der Waals surface area contributed by atoms with E-state index in [0.29, 0.717) is 0 Å². The third-order valence-electron chi connectivity index (χ3n) is 2.92. The lowest BCUT2D eigenvalue weighted by Crippen LogP contribution is -2.22. The van der Waals surface area contributed by atoms with Crippen molar-refractivity contribution in [2.24, 2.45) is 11.8 Å². The summed E-state index contributed by atoms with van der Waals surface area (Å²) in [5.74, 6) is -0.00607. The Morgan fingerprint density at radius 3 is 2.22 bits per heavy atom. The van der Waals surface area contributed by atoms with E-state index in [1.54, 1.807) is 12.1 Å². The summed E-state index contributed by atoms with van der Waals surface area (Å²) in [6, 6.07) is 6.49. The van der Waals surface area contributed by atoms with Crippen LogP contribution in [0.25, 0.3) is 0 Å². The van der Waals surface area contributed by atoms with Gasteiger partial charge in [-0.25, -0.2) is 0 Å². The first kappa shape index (κ1) is 15.1. The molecule has 0 bridgehead atoms. The lowest BCUT2D eigenvalue weighted by Gasteiger charge is -2.17. The minimum Gasteiger partial charge on any atom is -0.396 e. The molecule has 1 atom stereocenters. The predicted octanol–water partition coefficient (Wildman–Crippen LogP) is 1.96. The molecule has 0 radical (unpaired) electrons. The van der Waals surface area contributed by atoms with E-state index < -0.39 is 10.1 Å². The molecular weight excluding hydrogens is 252 g/mol. The first-order valence-corrected chi connectivity index (χ1v) is 7.34. The summed E-state index contributed by atoms with van der Waals surface area (Å²) < 4.78 is 28.7. The lowest BCUT2D eigenvalue weighted by atomic mass is 9.98. The summed E-state index contributed by atoms with van der Waals surface area (Å²) >= 11 is 0. The molecular formula is C13H20O4S. The van der Waals surface area contributed by atoms with E-state index in [4.69, 9.17) is 9.29 Å². The Hall–Kier alpha value is -0.910. The van der Waals surface area contributed by atoms with Crippen LogP contribution in [0.5, 0.6) is 0 Å². The Morgan fingerprint density at radius 1 is 1.22 bits per heavy atom. The van der Waals surface area contributed by atoms with Gasteiger partial charge >= 0.3 is 0 Å². The second kappa shape index (κ2) is 6.31. The van der Waals surface area contributed by atoms with Crippen LogP contribution in [-0.2, 0) is 14.3 Å². The highest BCUT2D eigenvalue weighted by molar-refractivity contribution is 7.86. The Morgan fingerprint density at radius 2 is 1.78 bits per heavy atom. The van der Waals surface area contributed by atoms with Gasteiger partial charge in [0.15, 0.2) is 0 Å². The van der Waals surface area contributed by atoms with Crippen LogP contribution in [0.15, 0.2) is 29.2 Å². The van der Waals surface area contributed by atoms with Gasteiger partial charge in [0.1, 0.15) is 0 Å². The molecule has 0 spiro atoms. The van der Waals surface area contributed by atoms with Crippen LogP contribution in [0.4, 0.5) is 0 Å². The van der Waals surface area contributed by atoms with Crippen LogP contribution >= 0.6 is 0 Å². The number of aliphatic hydroxyl groups is 1. The van der Waals surface area contributed by atoms with Gasteiger partial charge in [-0.2, -0.15) is 8.42 Å². The second-order valence-corrected chi connectivity index (χ2v) is 6.35. The van der Waals surface area contributed by atoms with Crippen molar-refractivity contribution in [3.8, 4) is 0 Å². The molecule has 4 nitrogen and oxygen atoms in total. The number of rotatable bonds is 6. The minimum absolute atomic E-state index is 0.00434. The topological polar surface area (TPSA) is 63.6 Å². The molecule has 0 saturated heterocycles. The van der Waals surface area contributed by atoms with Crippen LogP contribution in [0.1, 0.15) is 19.4 Å². The number of aryl methyl sites for hydroxylation is 1.